The van der Waals surface area contributed by atoms with Crippen LogP contribution in [0.5, 0.6) is 0 Å². The first kappa shape index (κ1) is 24.1. The summed E-state index contributed by atoms with van der Waals surface area (Å²) in [7, 11) is 0. The van der Waals surface area contributed by atoms with Gasteiger partial charge in [0, 0.05) is 18.0 Å². The molecule has 0 saturated heterocycles. The summed E-state index contributed by atoms with van der Waals surface area (Å²) in [6.45, 7) is 0. The Labute approximate surface area is 206 Å². The van der Waals surface area contributed by atoms with Gasteiger partial charge in [-0.3, -0.25) is 4.79 Å². The molecule has 3 aromatic carbocycles. The fourth-order valence-electron chi connectivity index (χ4n) is 3.63. The van der Waals surface area contributed by atoms with E-state index >= 15 is 0 Å². The minimum atomic E-state index is -1.65. The minimum absolute atomic E-state index is 0.152. The van der Waals surface area contributed by atoms with Crippen LogP contribution in [0.3, 0.4) is 0 Å². The number of carboxylic acid groups (broad SMARTS) is 1. The number of carbonyl (C=O) groups is 2. The van der Waals surface area contributed by atoms with Crippen molar-refractivity contribution >= 4 is 23.5 Å². The minimum Gasteiger partial charge on any atom is -0.479 e. The van der Waals surface area contributed by atoms with Crippen molar-refractivity contribution in [1.82, 2.24) is 15.5 Å². The number of aliphatic hydroxyl groups excluding tert-OH is 1. The van der Waals surface area contributed by atoms with Crippen LogP contribution in [0.2, 0.25) is 5.02 Å². The Morgan fingerprint density at radius 1 is 0.943 bits per heavy atom. The molecule has 0 fully saturated rings. The first-order valence-corrected chi connectivity index (χ1v) is 11.2. The molecule has 178 valence electrons. The van der Waals surface area contributed by atoms with E-state index in [1.165, 1.54) is 0 Å². The Balaban J connectivity index is 1.49. The van der Waals surface area contributed by atoms with Crippen LogP contribution in [-0.2, 0) is 11.2 Å². The number of nitrogens with zero attached hydrogens (tertiary/aromatic N) is 2. The standard InChI is InChI=1S/C26H22ClN3O5/c27-21-9-5-4-8-20(21)23-29-25(35-30-23)24(32)28-19(15-22(31)26(33)34)14-16-10-12-18(13-11-16)17-6-2-1-3-7-17/h1-13,19,22,31H,14-15H2,(H,28,32)(H,33,34)/t19-,22-/m1/s1. The lowest BCUT2D eigenvalue weighted by atomic mass is 9.98. The van der Waals surface area contributed by atoms with Gasteiger partial charge >= 0.3 is 17.8 Å². The average molecular weight is 492 g/mol. The van der Waals surface area contributed by atoms with Gasteiger partial charge in [0.15, 0.2) is 6.10 Å². The summed E-state index contributed by atoms with van der Waals surface area (Å²) in [5, 5.41) is 26.0. The molecule has 9 heteroatoms. The summed E-state index contributed by atoms with van der Waals surface area (Å²) in [6.07, 6.45) is -1.56. The van der Waals surface area contributed by atoms with Crippen LogP contribution < -0.4 is 5.32 Å². The molecule has 0 saturated carbocycles. The number of hydrogen-bond acceptors (Lipinski definition) is 6. The molecule has 0 spiro atoms. The SMILES string of the molecule is O=C(N[C@H](Cc1ccc(-c2ccccc2)cc1)C[C@@H](O)C(=O)O)c1nc(-c2ccccc2Cl)no1. The summed E-state index contributed by atoms with van der Waals surface area (Å²) in [5.74, 6) is -2.20. The van der Waals surface area contributed by atoms with Crippen molar-refractivity contribution in [3.05, 3.63) is 95.3 Å². The monoisotopic (exact) mass is 491 g/mol. The van der Waals surface area contributed by atoms with Crippen LogP contribution in [-0.4, -0.2) is 44.4 Å². The predicted octanol–water partition coefficient (Wildman–Crippen LogP) is 4.23. The molecule has 0 aliphatic heterocycles. The third-order valence-electron chi connectivity index (χ3n) is 5.41. The summed E-state index contributed by atoms with van der Waals surface area (Å²) in [5.41, 5.74) is 3.46. The van der Waals surface area contributed by atoms with Crippen molar-refractivity contribution < 1.29 is 24.3 Å². The Morgan fingerprint density at radius 3 is 2.29 bits per heavy atom. The molecule has 1 aromatic heterocycles. The molecule has 0 bridgehead atoms. The largest absolute Gasteiger partial charge is 0.479 e. The molecule has 4 rings (SSSR count). The van der Waals surface area contributed by atoms with E-state index in [1.807, 2.05) is 54.6 Å². The highest BCUT2D eigenvalue weighted by molar-refractivity contribution is 6.33. The number of amides is 1. The fourth-order valence-corrected chi connectivity index (χ4v) is 3.85. The fraction of sp³-hybridized carbons (Fsp3) is 0.154. The summed E-state index contributed by atoms with van der Waals surface area (Å²) >= 11 is 6.15. The van der Waals surface area contributed by atoms with Gasteiger partial charge in [-0.15, -0.1) is 0 Å². The van der Waals surface area contributed by atoms with Gasteiger partial charge < -0.3 is 20.1 Å². The van der Waals surface area contributed by atoms with Crippen LogP contribution in [0.1, 0.15) is 22.7 Å². The van der Waals surface area contributed by atoms with Crippen molar-refractivity contribution in [1.29, 1.82) is 0 Å². The molecule has 8 nitrogen and oxygen atoms in total. The normalized spacial score (nSPS) is 12.6. The summed E-state index contributed by atoms with van der Waals surface area (Å²) in [6, 6.07) is 23.7. The van der Waals surface area contributed by atoms with E-state index in [4.69, 9.17) is 21.2 Å². The van der Waals surface area contributed by atoms with Gasteiger partial charge in [-0.05, 0) is 35.2 Å². The number of carboxylic acids is 1. The molecular formula is C26H22ClN3O5. The van der Waals surface area contributed by atoms with E-state index in [2.05, 4.69) is 15.5 Å². The smallest absolute Gasteiger partial charge is 0.332 e. The van der Waals surface area contributed by atoms with Crippen molar-refractivity contribution in [3.8, 4) is 22.5 Å². The van der Waals surface area contributed by atoms with Gasteiger partial charge in [0.25, 0.3) is 0 Å². The Hall–Kier alpha value is -4.01. The average Bonchev–Trinajstić information content (AvgIpc) is 3.35. The lowest BCUT2D eigenvalue weighted by Crippen LogP contribution is -2.40. The van der Waals surface area contributed by atoms with E-state index < -0.39 is 24.0 Å². The zero-order chi connectivity index (χ0) is 24.8. The van der Waals surface area contributed by atoms with Gasteiger partial charge in [-0.1, -0.05) is 83.5 Å². The predicted molar refractivity (Wildman–Crippen MR) is 130 cm³/mol. The van der Waals surface area contributed by atoms with Gasteiger partial charge in [-0.2, -0.15) is 4.98 Å². The van der Waals surface area contributed by atoms with E-state index in [0.29, 0.717) is 10.6 Å². The second-order valence-electron chi connectivity index (χ2n) is 7.93. The Morgan fingerprint density at radius 2 is 1.60 bits per heavy atom. The van der Waals surface area contributed by atoms with Gasteiger partial charge in [0.1, 0.15) is 0 Å². The number of aliphatic carboxylic acids is 1. The second-order valence-corrected chi connectivity index (χ2v) is 8.34. The number of carbonyl (C=O) groups excluding carboxylic acids is 1. The van der Waals surface area contributed by atoms with Crippen molar-refractivity contribution in [2.75, 3.05) is 0 Å². The van der Waals surface area contributed by atoms with Crippen molar-refractivity contribution in [2.45, 2.75) is 25.0 Å². The third-order valence-corrected chi connectivity index (χ3v) is 5.74. The van der Waals surface area contributed by atoms with Crippen molar-refractivity contribution in [2.24, 2.45) is 0 Å². The molecule has 0 unspecified atom stereocenters. The number of rotatable bonds is 9. The van der Waals surface area contributed by atoms with Gasteiger partial charge in [-0.25, -0.2) is 4.79 Å². The van der Waals surface area contributed by atoms with Gasteiger partial charge in [0.05, 0.1) is 5.02 Å². The van der Waals surface area contributed by atoms with Crippen LogP contribution in [0.15, 0.2) is 83.4 Å². The molecule has 0 aliphatic rings. The van der Waals surface area contributed by atoms with Crippen LogP contribution in [0, 0.1) is 0 Å². The molecule has 3 N–H and O–H groups in total. The molecule has 4 aromatic rings. The Bertz CT molecular complexity index is 1310. The quantitative estimate of drug-likeness (QED) is 0.320. The maximum absolute atomic E-state index is 12.8. The zero-order valence-electron chi connectivity index (χ0n) is 18.5. The molecule has 0 aliphatic carbocycles. The number of halogens is 1. The van der Waals surface area contributed by atoms with Gasteiger partial charge in [0.2, 0.25) is 5.82 Å². The number of aromatic nitrogens is 2. The molecular weight excluding hydrogens is 470 g/mol. The number of aliphatic hydroxyl groups is 1. The van der Waals surface area contributed by atoms with Crippen LogP contribution in [0.4, 0.5) is 0 Å². The van der Waals surface area contributed by atoms with Crippen LogP contribution >= 0.6 is 11.6 Å². The number of hydrogen-bond donors (Lipinski definition) is 3. The highest BCUT2D eigenvalue weighted by Gasteiger charge is 2.25. The Kier molecular flexibility index (Phi) is 7.54. The molecule has 35 heavy (non-hydrogen) atoms. The maximum atomic E-state index is 12.8. The lowest BCUT2D eigenvalue weighted by molar-refractivity contribution is -0.147. The number of benzene rings is 3. The molecule has 1 amide bonds. The highest BCUT2D eigenvalue weighted by atomic mass is 35.5. The molecule has 0 radical (unpaired) electrons. The summed E-state index contributed by atoms with van der Waals surface area (Å²) in [4.78, 5) is 28.1. The second kappa shape index (κ2) is 10.9. The lowest BCUT2D eigenvalue weighted by Gasteiger charge is -2.19. The summed E-state index contributed by atoms with van der Waals surface area (Å²) < 4.78 is 5.09. The van der Waals surface area contributed by atoms with Crippen LogP contribution in [0.25, 0.3) is 22.5 Å². The topological polar surface area (TPSA) is 126 Å². The first-order valence-electron chi connectivity index (χ1n) is 10.9. The highest BCUT2D eigenvalue weighted by Crippen LogP contribution is 2.25. The van der Waals surface area contributed by atoms with Crippen molar-refractivity contribution in [3.63, 3.8) is 0 Å². The first-order chi connectivity index (χ1) is 16.9. The van der Waals surface area contributed by atoms with E-state index in [9.17, 15) is 14.7 Å². The molecule has 2 atom stereocenters. The molecule has 1 heterocycles. The maximum Gasteiger partial charge on any atom is 0.332 e. The third kappa shape index (κ3) is 6.11. The zero-order valence-corrected chi connectivity index (χ0v) is 19.2. The van der Waals surface area contributed by atoms with E-state index in [0.717, 1.165) is 16.7 Å². The van der Waals surface area contributed by atoms with E-state index in [1.54, 1.807) is 24.3 Å². The number of nitrogens with one attached hydrogen (secondary N) is 1. The van der Waals surface area contributed by atoms with E-state index in [-0.39, 0.29) is 24.6 Å².